The second-order valence-electron chi connectivity index (χ2n) is 9.32. The van der Waals surface area contributed by atoms with Crippen molar-refractivity contribution in [3.63, 3.8) is 0 Å². The highest BCUT2D eigenvalue weighted by molar-refractivity contribution is 5.77. The van der Waals surface area contributed by atoms with E-state index in [9.17, 15) is 13.6 Å². The van der Waals surface area contributed by atoms with Crippen LogP contribution in [0.1, 0.15) is 36.8 Å². The monoisotopic (exact) mass is 442 g/mol. The van der Waals surface area contributed by atoms with Crippen molar-refractivity contribution in [3.05, 3.63) is 59.2 Å². The molecule has 32 heavy (non-hydrogen) atoms. The number of hydrogen-bond donors (Lipinski definition) is 0. The van der Waals surface area contributed by atoms with Gasteiger partial charge >= 0.3 is 0 Å². The first kappa shape index (κ1) is 21.2. The summed E-state index contributed by atoms with van der Waals surface area (Å²) in [6, 6.07) is 9.98. The van der Waals surface area contributed by atoms with Crippen LogP contribution in [0.15, 0.2) is 36.4 Å². The van der Waals surface area contributed by atoms with Crippen LogP contribution in [0.2, 0.25) is 0 Å². The standard InChI is InChI=1S/C25H28F2N2O3/c26-20-5-2-19(12-21(20)27)14-28-10-1-8-25(15-28)9-11-29(16-25)24(30)7-4-18-3-6-22-23(13-18)32-17-31-22/h2-3,5-6,12-13H,1,4,7-11,14-17H2/t25-/m0/s1. The molecule has 0 aliphatic carbocycles. The van der Waals surface area contributed by atoms with Gasteiger partial charge in [0.15, 0.2) is 23.1 Å². The van der Waals surface area contributed by atoms with E-state index in [1.54, 1.807) is 6.07 Å². The molecule has 1 amide bonds. The summed E-state index contributed by atoms with van der Waals surface area (Å²) >= 11 is 0. The van der Waals surface area contributed by atoms with E-state index in [0.29, 0.717) is 19.4 Å². The topological polar surface area (TPSA) is 42.0 Å². The first-order valence-corrected chi connectivity index (χ1v) is 11.3. The van der Waals surface area contributed by atoms with Crippen molar-refractivity contribution >= 4 is 5.91 Å². The number of hydrogen-bond acceptors (Lipinski definition) is 4. The molecule has 5 nitrogen and oxygen atoms in total. The van der Waals surface area contributed by atoms with Crippen LogP contribution in [0.25, 0.3) is 0 Å². The van der Waals surface area contributed by atoms with E-state index in [-0.39, 0.29) is 18.1 Å². The maximum Gasteiger partial charge on any atom is 0.231 e. The number of ether oxygens (including phenoxy) is 2. The van der Waals surface area contributed by atoms with Crippen LogP contribution in [-0.2, 0) is 17.8 Å². The van der Waals surface area contributed by atoms with Crippen LogP contribution in [0, 0.1) is 17.0 Å². The molecule has 3 aliphatic rings. The van der Waals surface area contributed by atoms with Gasteiger partial charge in [-0.2, -0.15) is 0 Å². The van der Waals surface area contributed by atoms with Crippen molar-refractivity contribution < 1.29 is 23.0 Å². The highest BCUT2D eigenvalue weighted by atomic mass is 19.2. The minimum atomic E-state index is -0.811. The van der Waals surface area contributed by atoms with Crippen LogP contribution in [0.3, 0.4) is 0 Å². The molecule has 7 heteroatoms. The lowest BCUT2D eigenvalue weighted by atomic mass is 9.79. The van der Waals surface area contributed by atoms with E-state index in [1.807, 2.05) is 23.1 Å². The van der Waals surface area contributed by atoms with Gasteiger partial charge in [-0.3, -0.25) is 9.69 Å². The summed E-state index contributed by atoms with van der Waals surface area (Å²) in [6.45, 7) is 4.26. The first-order chi connectivity index (χ1) is 15.5. The third-order valence-electron chi connectivity index (χ3n) is 6.99. The number of amides is 1. The number of carbonyl (C=O) groups is 1. The molecule has 2 saturated heterocycles. The zero-order chi connectivity index (χ0) is 22.1. The van der Waals surface area contributed by atoms with E-state index < -0.39 is 11.6 Å². The number of halogens is 2. The maximum atomic E-state index is 13.6. The Morgan fingerprint density at radius 1 is 0.938 bits per heavy atom. The molecular weight excluding hydrogens is 414 g/mol. The van der Waals surface area contributed by atoms with Crippen LogP contribution in [-0.4, -0.2) is 48.7 Å². The Labute approximate surface area is 186 Å². The summed E-state index contributed by atoms with van der Waals surface area (Å²) in [4.78, 5) is 17.2. The van der Waals surface area contributed by atoms with Crippen molar-refractivity contribution in [1.82, 2.24) is 9.80 Å². The maximum absolute atomic E-state index is 13.6. The van der Waals surface area contributed by atoms with Gasteiger partial charge in [0.2, 0.25) is 12.7 Å². The van der Waals surface area contributed by atoms with Gasteiger partial charge in [-0.25, -0.2) is 8.78 Å². The number of carbonyl (C=O) groups excluding carboxylic acids is 1. The van der Waals surface area contributed by atoms with Gasteiger partial charge < -0.3 is 14.4 Å². The highest BCUT2D eigenvalue weighted by Crippen LogP contribution is 2.40. The Morgan fingerprint density at radius 2 is 1.78 bits per heavy atom. The fourth-order valence-corrected chi connectivity index (χ4v) is 5.33. The van der Waals surface area contributed by atoms with Gasteiger partial charge in [-0.05, 0) is 67.6 Å². The van der Waals surface area contributed by atoms with Crippen molar-refractivity contribution in [1.29, 1.82) is 0 Å². The van der Waals surface area contributed by atoms with Crippen molar-refractivity contribution in [2.45, 2.75) is 38.6 Å². The van der Waals surface area contributed by atoms with E-state index in [0.717, 1.165) is 68.1 Å². The quantitative estimate of drug-likeness (QED) is 0.698. The van der Waals surface area contributed by atoms with Crippen LogP contribution < -0.4 is 9.47 Å². The van der Waals surface area contributed by atoms with Crippen molar-refractivity contribution in [2.75, 3.05) is 33.0 Å². The van der Waals surface area contributed by atoms with Gasteiger partial charge in [-0.15, -0.1) is 0 Å². The lowest BCUT2D eigenvalue weighted by Gasteiger charge is -2.40. The Kier molecular flexibility index (Phi) is 5.76. The molecule has 0 saturated carbocycles. The molecule has 0 radical (unpaired) electrons. The zero-order valence-electron chi connectivity index (χ0n) is 18.1. The Hall–Kier alpha value is -2.67. The summed E-state index contributed by atoms with van der Waals surface area (Å²) in [7, 11) is 0. The molecule has 2 fully saturated rings. The van der Waals surface area contributed by atoms with Gasteiger partial charge in [0.05, 0.1) is 0 Å². The van der Waals surface area contributed by atoms with Crippen LogP contribution in [0.5, 0.6) is 11.5 Å². The van der Waals surface area contributed by atoms with Crippen LogP contribution >= 0.6 is 0 Å². The molecule has 5 rings (SSSR count). The minimum absolute atomic E-state index is 0.102. The number of benzene rings is 2. The number of piperidine rings is 1. The van der Waals surface area contributed by atoms with Crippen LogP contribution in [0.4, 0.5) is 8.78 Å². The fraction of sp³-hybridized carbons (Fsp3) is 0.480. The number of aryl methyl sites for hydroxylation is 1. The third-order valence-corrected chi connectivity index (χ3v) is 6.99. The second kappa shape index (κ2) is 8.70. The molecule has 0 bridgehead atoms. The fourth-order valence-electron chi connectivity index (χ4n) is 5.33. The Balaban J connectivity index is 1.15. The molecule has 3 aliphatic heterocycles. The molecule has 2 aromatic rings. The predicted octanol–water partition coefficient (Wildman–Crippen LogP) is 4.14. The molecule has 0 aromatic heterocycles. The normalized spacial score (nSPS) is 22.6. The lowest BCUT2D eigenvalue weighted by molar-refractivity contribution is -0.130. The number of likely N-dealkylation sites (tertiary alicyclic amines) is 2. The first-order valence-electron chi connectivity index (χ1n) is 11.3. The van der Waals surface area contributed by atoms with E-state index >= 15 is 0 Å². The molecule has 0 unspecified atom stereocenters. The van der Waals surface area contributed by atoms with E-state index in [4.69, 9.17) is 9.47 Å². The van der Waals surface area contributed by atoms with Crippen molar-refractivity contribution in [2.24, 2.45) is 5.41 Å². The molecule has 1 spiro atoms. The summed E-state index contributed by atoms with van der Waals surface area (Å²) < 4.78 is 37.6. The Morgan fingerprint density at radius 3 is 2.66 bits per heavy atom. The molecular formula is C25H28F2N2O3. The summed E-state index contributed by atoms with van der Waals surface area (Å²) in [5.74, 6) is 0.0892. The largest absolute Gasteiger partial charge is 0.454 e. The average molecular weight is 443 g/mol. The minimum Gasteiger partial charge on any atom is -0.454 e. The average Bonchev–Trinajstić information content (AvgIpc) is 3.42. The zero-order valence-corrected chi connectivity index (χ0v) is 18.1. The van der Waals surface area contributed by atoms with Gasteiger partial charge in [0, 0.05) is 38.0 Å². The summed E-state index contributed by atoms with van der Waals surface area (Å²) in [5, 5.41) is 0. The summed E-state index contributed by atoms with van der Waals surface area (Å²) in [5.41, 5.74) is 1.97. The molecule has 2 aromatic carbocycles. The van der Waals surface area contributed by atoms with Gasteiger partial charge in [-0.1, -0.05) is 12.1 Å². The number of nitrogens with zero attached hydrogens (tertiary/aromatic N) is 2. The molecule has 170 valence electrons. The van der Waals surface area contributed by atoms with Gasteiger partial charge in [0.1, 0.15) is 0 Å². The molecule has 0 N–H and O–H groups in total. The molecule has 3 heterocycles. The van der Waals surface area contributed by atoms with Crippen molar-refractivity contribution in [3.8, 4) is 11.5 Å². The molecule has 1 atom stereocenters. The summed E-state index contributed by atoms with van der Waals surface area (Å²) in [6.07, 6.45) is 4.32. The number of rotatable bonds is 5. The Bertz CT molecular complexity index is 1010. The lowest BCUT2D eigenvalue weighted by Crippen LogP contribution is -2.45. The smallest absolute Gasteiger partial charge is 0.231 e. The highest BCUT2D eigenvalue weighted by Gasteiger charge is 2.42. The predicted molar refractivity (Wildman–Crippen MR) is 115 cm³/mol. The van der Waals surface area contributed by atoms with Gasteiger partial charge in [0.25, 0.3) is 0 Å². The second-order valence-corrected chi connectivity index (χ2v) is 9.32. The third kappa shape index (κ3) is 4.44. The van der Waals surface area contributed by atoms with E-state index in [2.05, 4.69) is 4.90 Å². The SMILES string of the molecule is O=C(CCc1ccc2c(c1)OCO2)N1CC[C@]2(CCCN(Cc3ccc(F)c(F)c3)C2)C1. The van der Waals surface area contributed by atoms with E-state index in [1.165, 1.54) is 12.1 Å². The number of fused-ring (bicyclic) bond motifs is 1.